The topological polar surface area (TPSA) is 77.1 Å². The number of hydrogen-bond acceptors (Lipinski definition) is 5. The van der Waals surface area contributed by atoms with E-state index in [-0.39, 0.29) is 5.91 Å². The standard InChI is InChI=1S/C12H16ClN5O2/c1-7-10(13)11(18(4)15-7)12(19)17(3)6-5-9-14-8(2)20-16-9/h5-6H2,1-4H3. The number of carbonyl (C=O) groups is 1. The third-order valence-electron chi connectivity index (χ3n) is 2.94. The van der Waals surface area contributed by atoms with E-state index in [9.17, 15) is 4.79 Å². The van der Waals surface area contributed by atoms with Gasteiger partial charge in [0.2, 0.25) is 5.89 Å². The van der Waals surface area contributed by atoms with Crippen molar-refractivity contribution in [1.82, 2.24) is 24.8 Å². The molecule has 0 fully saturated rings. The summed E-state index contributed by atoms with van der Waals surface area (Å²) in [6.07, 6.45) is 0.522. The predicted molar refractivity (Wildman–Crippen MR) is 72.7 cm³/mol. The molecule has 0 saturated heterocycles. The second-order valence-electron chi connectivity index (χ2n) is 4.58. The minimum Gasteiger partial charge on any atom is -0.340 e. The number of aromatic nitrogens is 4. The van der Waals surface area contributed by atoms with Crippen LogP contribution in [0, 0.1) is 13.8 Å². The molecule has 0 aliphatic heterocycles. The molecule has 2 heterocycles. The number of carbonyl (C=O) groups excluding carboxylic acids is 1. The minimum atomic E-state index is -0.182. The quantitative estimate of drug-likeness (QED) is 0.852. The fourth-order valence-electron chi connectivity index (χ4n) is 1.86. The van der Waals surface area contributed by atoms with E-state index in [0.29, 0.717) is 41.1 Å². The van der Waals surface area contributed by atoms with E-state index in [1.165, 1.54) is 4.68 Å². The second kappa shape index (κ2) is 5.62. The first-order valence-electron chi connectivity index (χ1n) is 6.14. The van der Waals surface area contributed by atoms with Crippen LogP contribution in [0.4, 0.5) is 0 Å². The van der Waals surface area contributed by atoms with Gasteiger partial charge in [-0.1, -0.05) is 16.8 Å². The van der Waals surface area contributed by atoms with Crippen LogP contribution < -0.4 is 0 Å². The number of aryl methyl sites for hydroxylation is 3. The number of nitrogens with zero attached hydrogens (tertiary/aromatic N) is 5. The largest absolute Gasteiger partial charge is 0.340 e. The van der Waals surface area contributed by atoms with E-state index < -0.39 is 0 Å². The molecule has 7 nitrogen and oxygen atoms in total. The number of halogens is 1. The van der Waals surface area contributed by atoms with Crippen LogP contribution in [0.25, 0.3) is 0 Å². The first kappa shape index (κ1) is 14.5. The molecule has 2 aromatic heterocycles. The molecule has 0 aliphatic carbocycles. The van der Waals surface area contributed by atoms with E-state index in [1.807, 2.05) is 0 Å². The van der Waals surface area contributed by atoms with E-state index in [4.69, 9.17) is 16.1 Å². The van der Waals surface area contributed by atoms with E-state index in [0.717, 1.165) is 0 Å². The Morgan fingerprint density at radius 1 is 1.45 bits per heavy atom. The van der Waals surface area contributed by atoms with Crippen LogP contribution in [-0.4, -0.2) is 44.3 Å². The van der Waals surface area contributed by atoms with Crippen LogP contribution in [0.5, 0.6) is 0 Å². The van der Waals surface area contributed by atoms with Gasteiger partial charge in [0, 0.05) is 34.0 Å². The van der Waals surface area contributed by atoms with Gasteiger partial charge in [-0.15, -0.1) is 0 Å². The highest BCUT2D eigenvalue weighted by molar-refractivity contribution is 6.34. The maximum absolute atomic E-state index is 12.3. The number of hydrogen-bond donors (Lipinski definition) is 0. The van der Waals surface area contributed by atoms with Crippen molar-refractivity contribution in [3.8, 4) is 0 Å². The van der Waals surface area contributed by atoms with Crippen molar-refractivity contribution in [3.63, 3.8) is 0 Å². The summed E-state index contributed by atoms with van der Waals surface area (Å²) < 4.78 is 6.38. The van der Waals surface area contributed by atoms with Crippen LogP contribution in [0.15, 0.2) is 4.52 Å². The molecular formula is C12H16ClN5O2. The van der Waals surface area contributed by atoms with Gasteiger partial charge in [0.05, 0.1) is 10.7 Å². The smallest absolute Gasteiger partial charge is 0.273 e. The second-order valence-corrected chi connectivity index (χ2v) is 4.96. The summed E-state index contributed by atoms with van der Waals surface area (Å²) in [7, 11) is 3.40. The molecule has 108 valence electrons. The van der Waals surface area contributed by atoms with Crippen molar-refractivity contribution in [3.05, 3.63) is 28.1 Å². The Labute approximate surface area is 121 Å². The zero-order chi connectivity index (χ0) is 14.9. The van der Waals surface area contributed by atoms with Crippen molar-refractivity contribution < 1.29 is 9.32 Å². The fraction of sp³-hybridized carbons (Fsp3) is 0.500. The Morgan fingerprint density at radius 2 is 2.15 bits per heavy atom. The summed E-state index contributed by atoms with van der Waals surface area (Å²) in [5.41, 5.74) is 1.02. The van der Waals surface area contributed by atoms with Crippen LogP contribution in [0.2, 0.25) is 5.02 Å². The summed E-state index contributed by atoms with van der Waals surface area (Å²) in [6.45, 7) is 3.96. The highest BCUT2D eigenvalue weighted by atomic mass is 35.5. The third kappa shape index (κ3) is 2.82. The number of rotatable bonds is 4. The maximum Gasteiger partial charge on any atom is 0.273 e. The van der Waals surface area contributed by atoms with Crippen molar-refractivity contribution in [2.45, 2.75) is 20.3 Å². The van der Waals surface area contributed by atoms with Crippen molar-refractivity contribution in [2.24, 2.45) is 7.05 Å². The van der Waals surface area contributed by atoms with Crippen molar-refractivity contribution in [1.29, 1.82) is 0 Å². The lowest BCUT2D eigenvalue weighted by atomic mass is 10.3. The Hall–Kier alpha value is -1.89. The van der Waals surface area contributed by atoms with E-state index in [2.05, 4.69) is 15.2 Å². The molecule has 0 saturated carbocycles. The molecule has 0 aromatic carbocycles. The lowest BCUT2D eigenvalue weighted by Gasteiger charge is -2.16. The maximum atomic E-state index is 12.3. The summed E-state index contributed by atoms with van der Waals surface area (Å²) in [5, 5.41) is 8.31. The predicted octanol–water partition coefficient (Wildman–Crippen LogP) is 1.39. The lowest BCUT2D eigenvalue weighted by molar-refractivity contribution is 0.0785. The molecule has 0 atom stereocenters. The normalized spacial score (nSPS) is 10.8. The average molecular weight is 298 g/mol. The van der Waals surface area contributed by atoms with Gasteiger partial charge in [-0.2, -0.15) is 10.1 Å². The van der Waals surface area contributed by atoms with Gasteiger partial charge in [-0.05, 0) is 6.92 Å². The molecule has 0 N–H and O–H groups in total. The molecule has 8 heteroatoms. The summed E-state index contributed by atoms with van der Waals surface area (Å²) in [5.74, 6) is 0.909. The Balaban J connectivity index is 2.05. The summed E-state index contributed by atoms with van der Waals surface area (Å²) in [4.78, 5) is 18.0. The van der Waals surface area contributed by atoms with Crippen molar-refractivity contribution >= 4 is 17.5 Å². The Bertz CT molecular complexity index is 634. The van der Waals surface area contributed by atoms with E-state index in [1.54, 1.807) is 32.8 Å². The SMILES string of the molecule is Cc1nc(CCN(C)C(=O)c2c(Cl)c(C)nn2C)no1. The third-order valence-corrected chi connectivity index (χ3v) is 3.39. The van der Waals surface area contributed by atoms with Gasteiger partial charge in [0.25, 0.3) is 5.91 Å². The molecule has 0 radical (unpaired) electrons. The van der Waals surface area contributed by atoms with Gasteiger partial charge >= 0.3 is 0 Å². The molecule has 2 rings (SSSR count). The molecule has 1 amide bonds. The van der Waals surface area contributed by atoms with Gasteiger partial charge in [0.15, 0.2) is 5.82 Å². The zero-order valence-electron chi connectivity index (χ0n) is 11.8. The number of likely N-dealkylation sites (N-methyl/N-ethyl adjacent to an activating group) is 1. The highest BCUT2D eigenvalue weighted by Crippen LogP contribution is 2.20. The molecule has 20 heavy (non-hydrogen) atoms. The molecule has 0 unspecified atom stereocenters. The van der Waals surface area contributed by atoms with Crippen LogP contribution in [0.3, 0.4) is 0 Å². The monoisotopic (exact) mass is 297 g/mol. The van der Waals surface area contributed by atoms with Crippen molar-refractivity contribution in [2.75, 3.05) is 13.6 Å². The zero-order valence-corrected chi connectivity index (χ0v) is 12.6. The molecular weight excluding hydrogens is 282 g/mol. The number of amides is 1. The molecule has 0 spiro atoms. The fourth-order valence-corrected chi connectivity index (χ4v) is 2.10. The van der Waals surface area contributed by atoms with Gasteiger partial charge in [-0.3, -0.25) is 9.48 Å². The highest BCUT2D eigenvalue weighted by Gasteiger charge is 2.22. The first-order valence-corrected chi connectivity index (χ1v) is 6.51. The lowest BCUT2D eigenvalue weighted by Crippen LogP contribution is -2.30. The molecule has 0 bridgehead atoms. The van der Waals surface area contributed by atoms with E-state index >= 15 is 0 Å². The van der Waals surface area contributed by atoms with Gasteiger partial charge in [-0.25, -0.2) is 0 Å². The minimum absolute atomic E-state index is 0.182. The Kier molecular flexibility index (Phi) is 4.08. The van der Waals surface area contributed by atoms with Crippen LogP contribution in [-0.2, 0) is 13.5 Å². The molecule has 2 aromatic rings. The Morgan fingerprint density at radius 3 is 2.65 bits per heavy atom. The van der Waals surface area contributed by atoms with Crippen LogP contribution >= 0.6 is 11.6 Å². The molecule has 0 aliphatic rings. The summed E-state index contributed by atoms with van der Waals surface area (Å²) in [6, 6.07) is 0. The summed E-state index contributed by atoms with van der Waals surface area (Å²) >= 11 is 6.10. The van der Waals surface area contributed by atoms with Gasteiger partial charge < -0.3 is 9.42 Å². The van der Waals surface area contributed by atoms with Crippen LogP contribution in [0.1, 0.15) is 27.9 Å². The average Bonchev–Trinajstić information content (AvgIpc) is 2.91. The first-order chi connectivity index (χ1) is 9.40. The van der Waals surface area contributed by atoms with Gasteiger partial charge in [0.1, 0.15) is 5.69 Å².